The van der Waals surface area contributed by atoms with Crippen molar-refractivity contribution < 1.29 is 29.3 Å². The Bertz CT molecular complexity index is 1650. The largest absolute Gasteiger partial charge is 0.497 e. The Hall–Kier alpha value is -4.47. The van der Waals surface area contributed by atoms with Crippen LogP contribution in [0.4, 0.5) is 17.1 Å². The highest BCUT2D eigenvalue weighted by Gasteiger charge is 2.52. The van der Waals surface area contributed by atoms with E-state index < -0.39 is 17.4 Å². The van der Waals surface area contributed by atoms with Gasteiger partial charge in [0.05, 0.1) is 37.7 Å². The lowest BCUT2D eigenvalue weighted by molar-refractivity contribution is -0.139. The summed E-state index contributed by atoms with van der Waals surface area (Å²) in [5.41, 5.74) is 2.64. The third-order valence-electron chi connectivity index (χ3n) is 9.36. The summed E-state index contributed by atoms with van der Waals surface area (Å²) < 4.78 is 5.45. The van der Waals surface area contributed by atoms with Crippen LogP contribution >= 0.6 is 0 Å². The summed E-state index contributed by atoms with van der Waals surface area (Å²) in [6, 6.07) is 20.6. The van der Waals surface area contributed by atoms with Gasteiger partial charge in [0, 0.05) is 36.6 Å². The lowest BCUT2D eigenvalue weighted by Crippen LogP contribution is -2.44. The van der Waals surface area contributed by atoms with Gasteiger partial charge in [-0.1, -0.05) is 49.4 Å². The summed E-state index contributed by atoms with van der Waals surface area (Å²) >= 11 is 0. The van der Waals surface area contributed by atoms with E-state index in [9.17, 15) is 24.6 Å². The fourth-order valence-electron chi connectivity index (χ4n) is 6.88. The molecule has 3 aliphatic heterocycles. The molecule has 3 aliphatic rings. The van der Waals surface area contributed by atoms with Gasteiger partial charge in [-0.15, -0.1) is 0 Å². The van der Waals surface area contributed by atoms with Crippen LogP contribution in [0.1, 0.15) is 49.3 Å². The van der Waals surface area contributed by atoms with Crippen LogP contribution in [0.5, 0.6) is 5.75 Å². The van der Waals surface area contributed by atoms with Crippen LogP contribution in [0.15, 0.2) is 78.9 Å². The molecule has 9 nitrogen and oxygen atoms in total. The van der Waals surface area contributed by atoms with Gasteiger partial charge in [-0.25, -0.2) is 0 Å². The Morgan fingerprint density at radius 2 is 1.89 bits per heavy atom. The number of carbonyl (C=O) groups excluding carboxylic acids is 3. The normalized spacial score (nSPS) is 21.8. The maximum absolute atomic E-state index is 14.2. The number of aryl methyl sites for hydroxylation is 1. The molecule has 9 heteroatoms. The molecule has 6 rings (SSSR count). The smallest absolute Gasteiger partial charge is 0.264 e. The summed E-state index contributed by atoms with van der Waals surface area (Å²) in [6.45, 7) is 2.51. The second-order valence-corrected chi connectivity index (χ2v) is 12.1. The summed E-state index contributed by atoms with van der Waals surface area (Å²) in [5.74, 6) is -0.682. The van der Waals surface area contributed by atoms with Gasteiger partial charge in [-0.2, -0.15) is 0 Å². The summed E-state index contributed by atoms with van der Waals surface area (Å²) in [5, 5.41) is 21.7. The van der Waals surface area contributed by atoms with Crippen LogP contribution in [0.2, 0.25) is 0 Å². The molecule has 3 heterocycles. The molecule has 1 saturated heterocycles. The van der Waals surface area contributed by atoms with Crippen LogP contribution in [-0.2, 0) is 33.0 Å². The minimum Gasteiger partial charge on any atom is -0.497 e. The van der Waals surface area contributed by atoms with Crippen LogP contribution in [0, 0.1) is 5.92 Å². The molecule has 0 radical (unpaired) electrons. The van der Waals surface area contributed by atoms with Crippen molar-refractivity contribution in [1.29, 1.82) is 0 Å². The molecule has 0 saturated carbocycles. The molecule has 3 atom stereocenters. The summed E-state index contributed by atoms with van der Waals surface area (Å²) in [6.07, 6.45) is 6.31. The highest BCUT2D eigenvalue weighted by molar-refractivity contribution is 6.07. The van der Waals surface area contributed by atoms with E-state index in [1.807, 2.05) is 48.5 Å². The van der Waals surface area contributed by atoms with E-state index in [1.165, 1.54) is 7.11 Å². The van der Waals surface area contributed by atoms with E-state index in [1.54, 1.807) is 52.0 Å². The molecular formula is C36H39N3O6. The maximum Gasteiger partial charge on any atom is 0.264 e. The molecule has 3 amide bonds. The number of hydrogen-bond acceptors (Lipinski definition) is 6. The molecule has 2 N–H and O–H groups in total. The minimum atomic E-state index is -1.88. The molecule has 0 spiro atoms. The predicted octanol–water partition coefficient (Wildman–Crippen LogP) is 4.61. The lowest BCUT2D eigenvalue weighted by Gasteiger charge is -2.30. The number of anilines is 3. The van der Waals surface area contributed by atoms with Gasteiger partial charge in [-0.05, 0) is 66.8 Å². The van der Waals surface area contributed by atoms with Gasteiger partial charge in [0.1, 0.15) is 5.75 Å². The van der Waals surface area contributed by atoms with Crippen molar-refractivity contribution in [3.05, 3.63) is 95.6 Å². The van der Waals surface area contributed by atoms with Gasteiger partial charge < -0.3 is 24.7 Å². The number of aliphatic hydroxyl groups is 2. The maximum atomic E-state index is 14.2. The molecule has 45 heavy (non-hydrogen) atoms. The highest BCUT2D eigenvalue weighted by Crippen LogP contribution is 2.47. The fourth-order valence-corrected chi connectivity index (χ4v) is 6.88. The number of benzene rings is 3. The number of amides is 3. The number of hydrogen-bond donors (Lipinski definition) is 2. The van der Waals surface area contributed by atoms with Crippen LogP contribution in [-0.4, -0.2) is 59.1 Å². The number of nitrogens with zero attached hydrogens (tertiary/aromatic N) is 3. The molecule has 1 fully saturated rings. The third-order valence-corrected chi connectivity index (χ3v) is 9.36. The zero-order valence-electron chi connectivity index (χ0n) is 25.7. The molecule has 3 aromatic rings. The van der Waals surface area contributed by atoms with E-state index in [0.717, 1.165) is 35.3 Å². The molecule has 0 unspecified atom stereocenters. The standard InChI is InChI=1S/C36H39N3O6/c1-24(8-5-14-33(41)37-19-7-12-28(37)23-40)36(44)30-21-29(45-2)16-17-32(30)38(35(36)43)22-25-9-6-11-27(20-25)39-31-13-4-3-10-26(31)15-18-34(39)42/h3-6,8-11,13,16-17,20-21,24,28,40,44H,7,12,14-15,18-19,22-23H2,1-2H3/b8-5+/t24-,28+,36+/m1/s1. The zero-order chi connectivity index (χ0) is 31.7. The van der Waals surface area contributed by atoms with Crippen molar-refractivity contribution in [3.63, 3.8) is 0 Å². The Labute approximate surface area is 263 Å². The van der Waals surface area contributed by atoms with Crippen LogP contribution in [0.25, 0.3) is 0 Å². The number of para-hydroxylation sites is 1. The van der Waals surface area contributed by atoms with E-state index >= 15 is 0 Å². The van der Waals surface area contributed by atoms with Crippen molar-refractivity contribution in [1.82, 2.24) is 4.90 Å². The third kappa shape index (κ3) is 5.51. The topological polar surface area (TPSA) is 111 Å². The van der Waals surface area contributed by atoms with Gasteiger partial charge in [-0.3, -0.25) is 19.3 Å². The van der Waals surface area contributed by atoms with E-state index in [0.29, 0.717) is 36.4 Å². The lowest BCUT2D eigenvalue weighted by atomic mass is 9.83. The van der Waals surface area contributed by atoms with Gasteiger partial charge in [0.15, 0.2) is 5.60 Å². The van der Waals surface area contributed by atoms with Gasteiger partial charge in [0.25, 0.3) is 5.91 Å². The Morgan fingerprint density at radius 3 is 2.69 bits per heavy atom. The zero-order valence-corrected chi connectivity index (χ0v) is 25.7. The van der Waals surface area contributed by atoms with Crippen molar-refractivity contribution >= 4 is 34.8 Å². The van der Waals surface area contributed by atoms with Crippen molar-refractivity contribution in [2.45, 2.75) is 57.2 Å². The fraction of sp³-hybridized carbons (Fsp3) is 0.361. The minimum absolute atomic E-state index is 0.0191. The van der Waals surface area contributed by atoms with E-state index in [-0.39, 0.29) is 37.4 Å². The molecule has 3 aromatic carbocycles. The van der Waals surface area contributed by atoms with E-state index in [4.69, 9.17) is 4.74 Å². The molecule has 234 valence electrons. The number of ether oxygens (including phenoxy) is 1. The van der Waals surface area contributed by atoms with Crippen LogP contribution < -0.4 is 14.5 Å². The summed E-state index contributed by atoms with van der Waals surface area (Å²) in [4.78, 5) is 45.0. The molecule has 0 aliphatic carbocycles. The average molecular weight is 610 g/mol. The summed E-state index contributed by atoms with van der Waals surface area (Å²) in [7, 11) is 1.54. The van der Waals surface area contributed by atoms with Crippen molar-refractivity contribution in [2.24, 2.45) is 5.92 Å². The Morgan fingerprint density at radius 1 is 1.07 bits per heavy atom. The number of carbonyl (C=O) groups is 3. The Balaban J connectivity index is 1.26. The number of aliphatic hydroxyl groups excluding tert-OH is 1. The monoisotopic (exact) mass is 609 g/mol. The average Bonchev–Trinajstić information content (AvgIpc) is 3.62. The number of rotatable bonds is 9. The van der Waals surface area contributed by atoms with E-state index in [2.05, 4.69) is 0 Å². The number of fused-ring (bicyclic) bond motifs is 2. The van der Waals surface area contributed by atoms with Gasteiger partial charge in [0.2, 0.25) is 11.8 Å². The second kappa shape index (κ2) is 12.5. The number of likely N-dealkylation sites (tertiary alicyclic amines) is 1. The molecular weight excluding hydrogens is 570 g/mol. The predicted molar refractivity (Wildman–Crippen MR) is 171 cm³/mol. The first-order valence-electron chi connectivity index (χ1n) is 15.6. The second-order valence-electron chi connectivity index (χ2n) is 12.1. The van der Waals surface area contributed by atoms with Crippen molar-refractivity contribution in [3.8, 4) is 5.75 Å². The first-order valence-corrected chi connectivity index (χ1v) is 15.6. The number of methoxy groups -OCH3 is 1. The molecule has 0 aromatic heterocycles. The van der Waals surface area contributed by atoms with Gasteiger partial charge >= 0.3 is 0 Å². The Kier molecular flexibility index (Phi) is 8.48. The first-order chi connectivity index (χ1) is 21.8. The molecule has 0 bridgehead atoms. The quantitative estimate of drug-likeness (QED) is 0.343. The van der Waals surface area contributed by atoms with Crippen molar-refractivity contribution in [2.75, 3.05) is 30.1 Å². The highest BCUT2D eigenvalue weighted by atomic mass is 16.5. The SMILES string of the molecule is COc1ccc2c(c1)[C@@](O)([C@H](C)/C=C/CC(=O)N1CCC[C@H]1CO)C(=O)N2Cc1cccc(N2C(=O)CCc3ccccc32)c1. The van der Waals surface area contributed by atoms with Crippen LogP contribution in [0.3, 0.4) is 0 Å². The first kappa shape index (κ1) is 30.6.